The van der Waals surface area contributed by atoms with Gasteiger partial charge in [0.05, 0.1) is 40.6 Å². The summed E-state index contributed by atoms with van der Waals surface area (Å²) >= 11 is 1.62. The molecule has 77 heavy (non-hydrogen) atoms. The smallest absolute Gasteiger partial charge is 0.185 e. The van der Waals surface area contributed by atoms with E-state index in [0.29, 0.717) is 22.7 Å². The van der Waals surface area contributed by atoms with Crippen molar-refractivity contribution in [3.63, 3.8) is 0 Å². The van der Waals surface area contributed by atoms with Crippen LogP contribution in [0, 0.1) is 10.8 Å². The minimum atomic E-state index is -3.89. The zero-order valence-corrected chi connectivity index (χ0v) is 51.0. The molecule has 0 aromatic heterocycles. The SMILES string of the molecule is CC1=C(C(C/C(C)=C/C(C/C(C)=C/CSC/C=C(\C)CC(/C=C(\C)CC(C2=C(C)CCCC2(C)C)S(=O)(=O)c2ccccc2)S(=O)(=O)c2ccccc2)S(=O)(=O)c2ccccc2)S(=O)(=O)c2ccccc2)C(C)(C)CCC1. The highest BCUT2D eigenvalue weighted by molar-refractivity contribution is 7.99. The van der Waals surface area contributed by atoms with Crippen LogP contribution in [0.4, 0.5) is 0 Å². The molecule has 0 saturated heterocycles. The van der Waals surface area contributed by atoms with Crippen molar-refractivity contribution in [2.75, 3.05) is 11.5 Å². The molecule has 0 spiro atoms. The van der Waals surface area contributed by atoms with E-state index >= 15 is 0 Å². The van der Waals surface area contributed by atoms with Crippen LogP contribution in [0.2, 0.25) is 0 Å². The Morgan fingerprint density at radius 2 is 0.727 bits per heavy atom. The van der Waals surface area contributed by atoms with Crippen LogP contribution in [0.1, 0.15) is 133 Å². The van der Waals surface area contributed by atoms with Crippen LogP contribution in [-0.4, -0.2) is 66.2 Å². The van der Waals surface area contributed by atoms with Crippen LogP contribution in [-0.2, 0) is 39.3 Å². The molecular weight excluding hydrogens is 1060 g/mol. The van der Waals surface area contributed by atoms with Gasteiger partial charge in [-0.05, 0) is 176 Å². The van der Waals surface area contributed by atoms with Gasteiger partial charge in [-0.25, -0.2) is 33.7 Å². The molecule has 0 aliphatic heterocycles. The second kappa shape index (κ2) is 26.2. The average molecular weight is 1140 g/mol. The molecule has 0 radical (unpaired) electrons. The van der Waals surface area contributed by atoms with Crippen LogP contribution in [0.15, 0.2) is 210 Å². The maximum absolute atomic E-state index is 14.6. The molecule has 8 nitrogen and oxygen atoms in total. The lowest BCUT2D eigenvalue weighted by molar-refractivity contribution is 0.353. The molecule has 0 amide bonds. The molecule has 13 heteroatoms. The molecule has 0 heterocycles. The van der Waals surface area contributed by atoms with E-state index in [2.05, 4.69) is 27.7 Å². The molecular formula is C64H82O8S5. The zero-order chi connectivity index (χ0) is 56.4. The van der Waals surface area contributed by atoms with Crippen LogP contribution < -0.4 is 0 Å². The normalized spacial score (nSPS) is 18.9. The van der Waals surface area contributed by atoms with Crippen molar-refractivity contribution >= 4 is 51.1 Å². The van der Waals surface area contributed by atoms with E-state index in [-0.39, 0.29) is 56.1 Å². The number of hydrogen-bond acceptors (Lipinski definition) is 9. The number of sulfone groups is 4. The summed E-state index contributed by atoms with van der Waals surface area (Å²) in [5.41, 5.74) is 6.45. The minimum Gasteiger partial charge on any atom is -0.223 e. The van der Waals surface area contributed by atoms with Gasteiger partial charge in [-0.2, -0.15) is 11.8 Å². The van der Waals surface area contributed by atoms with Crippen molar-refractivity contribution in [3.05, 3.63) is 190 Å². The third-order valence-electron chi connectivity index (χ3n) is 15.7. The summed E-state index contributed by atoms with van der Waals surface area (Å²) in [5, 5.41) is -3.61. The molecule has 0 N–H and O–H groups in total. The van der Waals surface area contributed by atoms with Crippen LogP contribution >= 0.6 is 11.8 Å². The summed E-state index contributed by atoms with van der Waals surface area (Å²) in [5.74, 6) is 1.15. The maximum atomic E-state index is 14.6. The van der Waals surface area contributed by atoms with Crippen molar-refractivity contribution < 1.29 is 33.7 Å². The van der Waals surface area contributed by atoms with Crippen LogP contribution in [0.3, 0.4) is 0 Å². The van der Waals surface area contributed by atoms with Gasteiger partial charge in [-0.1, -0.05) is 158 Å². The molecule has 4 aromatic carbocycles. The topological polar surface area (TPSA) is 137 Å². The molecule has 2 aliphatic carbocycles. The van der Waals surface area contributed by atoms with Crippen molar-refractivity contribution in [1.29, 1.82) is 0 Å². The average Bonchev–Trinajstić information content (AvgIpc) is 3.38. The first kappa shape index (κ1) is 61.7. The summed E-state index contributed by atoms with van der Waals surface area (Å²) < 4.78 is 117. The van der Waals surface area contributed by atoms with E-state index in [9.17, 15) is 33.7 Å². The Bertz CT molecular complexity index is 3110. The highest BCUT2D eigenvalue weighted by Gasteiger charge is 2.43. The minimum absolute atomic E-state index is 0.161. The standard InChI is InChI=1S/C64H82O8S5/c1-47(41-57(74(65,66)53-27-15-11-16-28-53)43-49(3)45-59(61-51(5)25-23-37-63(61,7)8)76(69,70)55-31-19-13-20-32-55)35-39-73-40-36-48(2)42-58(75(67,68)54-29-17-12-18-30-54)44-50(4)46-60(62-52(6)26-24-38-64(62,9)10)77(71,72)56-33-21-14-22-34-56/h11-22,27-36,43-44,57-60H,23-26,37-42,45-46H2,1-10H3/b47-35+,48-36+,49-43+,50-44+. The zero-order valence-electron chi connectivity index (χ0n) is 47.0. The number of thioether (sulfide) groups is 1. The lowest BCUT2D eigenvalue weighted by Crippen LogP contribution is -2.35. The Morgan fingerprint density at radius 3 is 1.01 bits per heavy atom. The fourth-order valence-corrected chi connectivity index (χ4v) is 20.6. The molecule has 4 aromatic rings. The summed E-state index contributed by atoms with van der Waals surface area (Å²) in [7, 11) is -15.5. The number of rotatable bonds is 24. The second-order valence-electron chi connectivity index (χ2n) is 22.8. The Balaban J connectivity index is 1.23. The Kier molecular flexibility index (Phi) is 21.0. The predicted molar refractivity (Wildman–Crippen MR) is 321 cm³/mol. The first-order valence-electron chi connectivity index (χ1n) is 27.0. The quantitative estimate of drug-likeness (QED) is 0.0496. The molecule has 0 fully saturated rings. The highest BCUT2D eigenvalue weighted by Crippen LogP contribution is 2.48. The molecule has 6 rings (SSSR count). The van der Waals surface area contributed by atoms with E-state index in [4.69, 9.17) is 0 Å². The molecule has 416 valence electrons. The fraction of sp³-hybridized carbons (Fsp3) is 0.438. The first-order chi connectivity index (χ1) is 36.2. The number of allylic oxidation sites excluding steroid dienone is 6. The van der Waals surface area contributed by atoms with E-state index in [0.717, 1.165) is 72.0 Å². The van der Waals surface area contributed by atoms with Crippen molar-refractivity contribution in [2.45, 2.75) is 174 Å². The number of benzene rings is 4. The molecule has 4 unspecified atom stereocenters. The van der Waals surface area contributed by atoms with Gasteiger partial charge in [0.2, 0.25) is 0 Å². The Morgan fingerprint density at radius 1 is 0.442 bits per heavy atom. The van der Waals surface area contributed by atoms with Crippen LogP contribution in [0.25, 0.3) is 0 Å². The van der Waals surface area contributed by atoms with E-state index < -0.39 is 60.3 Å². The fourth-order valence-electron chi connectivity index (χ4n) is 11.7. The van der Waals surface area contributed by atoms with Gasteiger partial charge in [-0.3, -0.25) is 0 Å². The predicted octanol–water partition coefficient (Wildman–Crippen LogP) is 15.5. The molecule has 4 atom stereocenters. The first-order valence-corrected chi connectivity index (χ1v) is 34.3. The Hall–Kier alpha value is -4.53. The van der Waals surface area contributed by atoms with Gasteiger partial charge in [0.1, 0.15) is 0 Å². The van der Waals surface area contributed by atoms with Gasteiger partial charge in [0.25, 0.3) is 0 Å². The van der Waals surface area contributed by atoms with E-state index in [1.54, 1.807) is 145 Å². The van der Waals surface area contributed by atoms with Crippen LogP contribution in [0.5, 0.6) is 0 Å². The monoisotopic (exact) mass is 1140 g/mol. The van der Waals surface area contributed by atoms with Gasteiger partial charge in [0.15, 0.2) is 39.3 Å². The largest absolute Gasteiger partial charge is 0.223 e. The molecule has 0 saturated carbocycles. The van der Waals surface area contributed by atoms with Gasteiger partial charge in [0, 0.05) is 11.5 Å². The van der Waals surface area contributed by atoms with Crippen molar-refractivity contribution in [2.24, 2.45) is 10.8 Å². The van der Waals surface area contributed by atoms with Gasteiger partial charge >= 0.3 is 0 Å². The van der Waals surface area contributed by atoms with Gasteiger partial charge in [-0.15, -0.1) is 0 Å². The summed E-state index contributed by atoms with van der Waals surface area (Å²) in [6.45, 7) is 20.1. The lowest BCUT2D eigenvalue weighted by Gasteiger charge is -2.39. The van der Waals surface area contributed by atoms with Gasteiger partial charge < -0.3 is 0 Å². The van der Waals surface area contributed by atoms with E-state index in [1.165, 1.54) is 0 Å². The maximum Gasteiger partial charge on any atom is 0.185 e. The molecule has 2 aliphatic rings. The Labute approximate surface area is 468 Å². The summed E-state index contributed by atoms with van der Waals surface area (Å²) in [6.07, 6.45) is 13.7. The van der Waals surface area contributed by atoms with E-state index in [1.807, 2.05) is 53.7 Å². The lowest BCUT2D eigenvalue weighted by atomic mass is 9.70. The van der Waals surface area contributed by atoms with Crippen molar-refractivity contribution in [1.82, 2.24) is 0 Å². The summed E-state index contributed by atoms with van der Waals surface area (Å²) in [4.78, 5) is 0.909. The van der Waals surface area contributed by atoms with Crippen molar-refractivity contribution in [3.8, 4) is 0 Å². The third-order valence-corrected chi connectivity index (χ3v) is 24.7. The third kappa shape index (κ3) is 15.4. The summed E-state index contributed by atoms with van der Waals surface area (Å²) in [6, 6.07) is 33.9. The molecule has 0 bridgehead atoms. The second-order valence-corrected chi connectivity index (χ2v) is 32.5. The number of hydrogen-bond donors (Lipinski definition) is 0. The highest BCUT2D eigenvalue weighted by atomic mass is 32.2.